The number of amides is 1. The van der Waals surface area contributed by atoms with Crippen molar-refractivity contribution in [3.8, 4) is 0 Å². The van der Waals surface area contributed by atoms with E-state index in [-0.39, 0.29) is 11.3 Å². The molecule has 1 amide bonds. The topological polar surface area (TPSA) is 20.3 Å². The molecule has 0 aliphatic rings. The van der Waals surface area contributed by atoms with Crippen molar-refractivity contribution in [1.29, 1.82) is 0 Å². The number of hydrogen-bond acceptors (Lipinski definition) is 1. The molecule has 0 saturated heterocycles. The van der Waals surface area contributed by atoms with Gasteiger partial charge in [-0.1, -0.05) is 39.8 Å². The van der Waals surface area contributed by atoms with Gasteiger partial charge in [-0.2, -0.15) is 0 Å². The Morgan fingerprint density at radius 2 is 1.71 bits per heavy atom. The van der Waals surface area contributed by atoms with Crippen molar-refractivity contribution >= 4 is 5.91 Å². The summed E-state index contributed by atoms with van der Waals surface area (Å²) in [4.78, 5) is 13.8. The van der Waals surface area contributed by atoms with Crippen molar-refractivity contribution in [2.75, 3.05) is 13.1 Å². The molecule has 0 rings (SSSR count). The fraction of sp³-hybridized carbons (Fsp3) is 0.667. The predicted molar refractivity (Wildman–Crippen MR) is 74.8 cm³/mol. The normalized spacial score (nSPS) is 12.9. The molecule has 0 aromatic heterocycles. The Morgan fingerprint density at radius 3 is 2.06 bits per heavy atom. The summed E-state index contributed by atoms with van der Waals surface area (Å²) in [7, 11) is 0. The van der Waals surface area contributed by atoms with Crippen LogP contribution in [0.4, 0.5) is 0 Å². The van der Waals surface area contributed by atoms with Crippen LogP contribution in [0.2, 0.25) is 0 Å². The maximum atomic E-state index is 12.0. The van der Waals surface area contributed by atoms with Gasteiger partial charge in [0, 0.05) is 19.5 Å². The van der Waals surface area contributed by atoms with Crippen LogP contribution in [0.3, 0.4) is 0 Å². The van der Waals surface area contributed by atoms with Crippen molar-refractivity contribution < 1.29 is 4.79 Å². The van der Waals surface area contributed by atoms with E-state index >= 15 is 0 Å². The zero-order valence-electron chi connectivity index (χ0n) is 11.8. The number of carbonyl (C=O) groups excluding carboxylic acids is 1. The summed E-state index contributed by atoms with van der Waals surface area (Å²) in [5.74, 6) is 0.612. The van der Waals surface area contributed by atoms with E-state index in [0.29, 0.717) is 25.4 Å². The molecule has 1 atom stereocenters. The van der Waals surface area contributed by atoms with E-state index in [2.05, 4.69) is 40.9 Å². The van der Waals surface area contributed by atoms with Gasteiger partial charge in [0.05, 0.1) is 0 Å². The quantitative estimate of drug-likeness (QED) is 0.619. The zero-order chi connectivity index (χ0) is 13.5. The maximum Gasteiger partial charge on any atom is 0.223 e. The lowest BCUT2D eigenvalue weighted by Gasteiger charge is -2.25. The molecular formula is C15H27NO. The Balaban J connectivity index is 4.29. The summed E-state index contributed by atoms with van der Waals surface area (Å²) in [6.45, 7) is 17.3. The fourth-order valence-electron chi connectivity index (χ4n) is 2.13. The molecule has 1 unspecified atom stereocenters. The molecule has 0 aromatic rings. The lowest BCUT2D eigenvalue weighted by atomic mass is 9.84. The minimum absolute atomic E-state index is 0.196. The number of carbonyl (C=O) groups is 1. The highest BCUT2D eigenvalue weighted by Gasteiger charge is 2.19. The molecule has 98 valence electrons. The van der Waals surface area contributed by atoms with Crippen molar-refractivity contribution in [1.82, 2.24) is 4.90 Å². The molecule has 0 bridgehead atoms. The van der Waals surface area contributed by atoms with Gasteiger partial charge >= 0.3 is 0 Å². The van der Waals surface area contributed by atoms with Crippen LogP contribution in [0.5, 0.6) is 0 Å². The number of nitrogens with zero attached hydrogens (tertiary/aromatic N) is 1. The minimum atomic E-state index is 0.196. The smallest absolute Gasteiger partial charge is 0.223 e. The van der Waals surface area contributed by atoms with Gasteiger partial charge in [-0.3, -0.25) is 4.79 Å². The SMILES string of the molecule is C=CCN(CC=C)C(=O)CC(C)CC(C)(C)C. The molecule has 0 aliphatic heterocycles. The zero-order valence-corrected chi connectivity index (χ0v) is 11.8. The summed E-state index contributed by atoms with van der Waals surface area (Å²) < 4.78 is 0. The number of hydrogen-bond donors (Lipinski definition) is 0. The maximum absolute atomic E-state index is 12.0. The average Bonchev–Trinajstić information content (AvgIpc) is 2.14. The molecule has 0 heterocycles. The van der Waals surface area contributed by atoms with Gasteiger partial charge in [-0.15, -0.1) is 13.2 Å². The molecule has 0 fully saturated rings. The third kappa shape index (κ3) is 7.78. The van der Waals surface area contributed by atoms with Crippen LogP contribution in [-0.2, 0) is 4.79 Å². The van der Waals surface area contributed by atoms with Gasteiger partial charge in [0.25, 0.3) is 0 Å². The summed E-state index contributed by atoms with van der Waals surface area (Å²) in [6, 6.07) is 0. The highest BCUT2D eigenvalue weighted by Crippen LogP contribution is 2.26. The lowest BCUT2D eigenvalue weighted by molar-refractivity contribution is -0.131. The standard InChI is InChI=1S/C15H27NO/c1-7-9-16(10-8-2)14(17)11-13(3)12-15(4,5)6/h7-8,13H,1-2,9-12H2,3-6H3. The molecular weight excluding hydrogens is 210 g/mol. The van der Waals surface area contributed by atoms with E-state index < -0.39 is 0 Å². The average molecular weight is 237 g/mol. The van der Waals surface area contributed by atoms with Gasteiger partial charge in [0.15, 0.2) is 0 Å². The lowest BCUT2D eigenvalue weighted by Crippen LogP contribution is -2.32. The molecule has 0 N–H and O–H groups in total. The van der Waals surface area contributed by atoms with E-state index in [4.69, 9.17) is 0 Å². The van der Waals surface area contributed by atoms with E-state index in [1.54, 1.807) is 17.1 Å². The van der Waals surface area contributed by atoms with Crippen molar-refractivity contribution in [2.45, 2.75) is 40.5 Å². The first-order valence-corrected chi connectivity index (χ1v) is 6.29. The Kier molecular flexibility index (Phi) is 6.86. The summed E-state index contributed by atoms with van der Waals surface area (Å²) in [5, 5.41) is 0. The summed E-state index contributed by atoms with van der Waals surface area (Å²) >= 11 is 0. The molecule has 2 nitrogen and oxygen atoms in total. The first-order chi connectivity index (χ1) is 7.80. The first kappa shape index (κ1) is 16.0. The molecule has 0 saturated carbocycles. The van der Waals surface area contributed by atoms with Crippen LogP contribution in [0.25, 0.3) is 0 Å². The third-order valence-corrected chi connectivity index (χ3v) is 2.54. The second kappa shape index (κ2) is 7.31. The summed E-state index contributed by atoms with van der Waals surface area (Å²) in [6.07, 6.45) is 5.19. The Hall–Kier alpha value is -1.05. The number of rotatable bonds is 7. The van der Waals surface area contributed by atoms with Gasteiger partial charge in [0.1, 0.15) is 0 Å². The monoisotopic (exact) mass is 237 g/mol. The van der Waals surface area contributed by atoms with Crippen molar-refractivity contribution in [2.24, 2.45) is 11.3 Å². The van der Waals surface area contributed by atoms with Gasteiger partial charge in [0.2, 0.25) is 5.91 Å². The predicted octanol–water partition coefficient (Wildman–Crippen LogP) is 3.65. The Morgan fingerprint density at radius 1 is 1.24 bits per heavy atom. The van der Waals surface area contributed by atoms with Gasteiger partial charge in [-0.25, -0.2) is 0 Å². The van der Waals surface area contributed by atoms with Gasteiger partial charge < -0.3 is 4.90 Å². The first-order valence-electron chi connectivity index (χ1n) is 6.29. The largest absolute Gasteiger partial charge is 0.335 e. The van der Waals surface area contributed by atoms with E-state index in [0.717, 1.165) is 6.42 Å². The fourth-order valence-corrected chi connectivity index (χ4v) is 2.13. The third-order valence-electron chi connectivity index (χ3n) is 2.54. The Bertz CT molecular complexity index is 253. The second-order valence-electron chi connectivity index (χ2n) is 5.95. The van der Waals surface area contributed by atoms with Crippen LogP contribution in [0.15, 0.2) is 25.3 Å². The van der Waals surface area contributed by atoms with Gasteiger partial charge in [-0.05, 0) is 17.8 Å². The highest BCUT2D eigenvalue weighted by atomic mass is 16.2. The second-order valence-corrected chi connectivity index (χ2v) is 5.95. The highest BCUT2D eigenvalue weighted by molar-refractivity contribution is 5.76. The van der Waals surface area contributed by atoms with E-state index in [1.165, 1.54) is 0 Å². The molecule has 0 spiro atoms. The van der Waals surface area contributed by atoms with Crippen LogP contribution >= 0.6 is 0 Å². The van der Waals surface area contributed by atoms with Crippen LogP contribution in [0, 0.1) is 11.3 Å². The van der Waals surface area contributed by atoms with Crippen molar-refractivity contribution in [3.63, 3.8) is 0 Å². The van der Waals surface area contributed by atoms with Crippen LogP contribution in [0.1, 0.15) is 40.5 Å². The van der Waals surface area contributed by atoms with Crippen molar-refractivity contribution in [3.05, 3.63) is 25.3 Å². The van der Waals surface area contributed by atoms with E-state index in [9.17, 15) is 4.79 Å². The molecule has 17 heavy (non-hydrogen) atoms. The molecule has 0 aliphatic carbocycles. The van der Waals surface area contributed by atoms with Crippen LogP contribution in [-0.4, -0.2) is 23.9 Å². The summed E-state index contributed by atoms with van der Waals surface area (Å²) in [5.41, 5.74) is 0.279. The molecule has 0 radical (unpaired) electrons. The Labute approximate surface area is 106 Å². The van der Waals surface area contributed by atoms with E-state index in [1.807, 2.05) is 0 Å². The molecule has 2 heteroatoms. The molecule has 0 aromatic carbocycles. The minimum Gasteiger partial charge on any atom is -0.335 e. The van der Waals surface area contributed by atoms with Crippen LogP contribution < -0.4 is 0 Å².